The molecule has 0 radical (unpaired) electrons. The lowest BCUT2D eigenvalue weighted by Crippen LogP contribution is -2.49. The number of carbonyl (C=O) groups excluding carboxylic acids is 1. The molecule has 22 heavy (non-hydrogen) atoms. The highest BCUT2D eigenvalue weighted by Gasteiger charge is 2.44. The Morgan fingerprint density at radius 1 is 1.32 bits per heavy atom. The van der Waals surface area contributed by atoms with Gasteiger partial charge in [0.2, 0.25) is 0 Å². The summed E-state index contributed by atoms with van der Waals surface area (Å²) in [7, 11) is 0. The summed E-state index contributed by atoms with van der Waals surface area (Å²) in [5, 5.41) is 13.1. The van der Waals surface area contributed by atoms with Crippen LogP contribution in [0.3, 0.4) is 0 Å². The van der Waals surface area contributed by atoms with E-state index < -0.39 is 5.91 Å². The SMILES string of the molecule is NC(=O)c1cnccc1NCC1(c2ccccc2)CC(O)C1. The molecule has 1 fully saturated rings. The number of anilines is 1. The van der Waals surface area contributed by atoms with E-state index in [9.17, 15) is 9.90 Å². The van der Waals surface area contributed by atoms with Crippen LogP contribution in [0.5, 0.6) is 0 Å². The summed E-state index contributed by atoms with van der Waals surface area (Å²) in [5.74, 6) is -0.502. The summed E-state index contributed by atoms with van der Waals surface area (Å²) in [4.78, 5) is 15.4. The van der Waals surface area contributed by atoms with Gasteiger partial charge < -0.3 is 16.2 Å². The minimum atomic E-state index is -0.502. The summed E-state index contributed by atoms with van der Waals surface area (Å²) in [6.07, 6.45) is 4.24. The molecule has 1 aromatic heterocycles. The van der Waals surface area contributed by atoms with Gasteiger partial charge in [0.1, 0.15) is 0 Å². The number of nitrogens with one attached hydrogen (secondary N) is 1. The van der Waals surface area contributed by atoms with Gasteiger partial charge in [-0.1, -0.05) is 30.3 Å². The van der Waals surface area contributed by atoms with Gasteiger partial charge in [0.05, 0.1) is 17.4 Å². The number of aliphatic hydroxyl groups is 1. The molecule has 5 nitrogen and oxygen atoms in total. The van der Waals surface area contributed by atoms with Crippen molar-refractivity contribution in [2.75, 3.05) is 11.9 Å². The number of aliphatic hydroxyl groups excluding tert-OH is 1. The molecule has 3 rings (SSSR count). The smallest absolute Gasteiger partial charge is 0.252 e. The number of hydrogen-bond acceptors (Lipinski definition) is 4. The van der Waals surface area contributed by atoms with E-state index >= 15 is 0 Å². The zero-order valence-electron chi connectivity index (χ0n) is 12.2. The number of hydrogen-bond donors (Lipinski definition) is 3. The lowest BCUT2D eigenvalue weighted by Gasteiger charge is -2.46. The number of primary amides is 1. The van der Waals surface area contributed by atoms with Gasteiger partial charge in [-0.05, 0) is 24.5 Å². The van der Waals surface area contributed by atoms with E-state index in [0.717, 1.165) is 0 Å². The van der Waals surface area contributed by atoms with E-state index in [0.29, 0.717) is 30.6 Å². The average molecular weight is 297 g/mol. The van der Waals surface area contributed by atoms with Gasteiger partial charge in [-0.2, -0.15) is 0 Å². The minimum Gasteiger partial charge on any atom is -0.393 e. The summed E-state index contributed by atoms with van der Waals surface area (Å²) in [6.45, 7) is 0.637. The number of benzene rings is 1. The second kappa shape index (κ2) is 5.77. The molecule has 1 heterocycles. The van der Waals surface area contributed by atoms with Crippen LogP contribution >= 0.6 is 0 Å². The molecule has 1 aromatic carbocycles. The van der Waals surface area contributed by atoms with Crippen molar-refractivity contribution in [3.8, 4) is 0 Å². The molecule has 0 unspecified atom stereocenters. The Balaban J connectivity index is 1.81. The van der Waals surface area contributed by atoms with Crippen molar-refractivity contribution in [1.29, 1.82) is 0 Å². The number of nitrogens with two attached hydrogens (primary N) is 1. The number of rotatable bonds is 5. The van der Waals surface area contributed by atoms with Crippen molar-refractivity contribution in [3.05, 3.63) is 59.9 Å². The first kappa shape index (κ1) is 14.5. The van der Waals surface area contributed by atoms with Crippen LogP contribution in [-0.2, 0) is 5.41 Å². The first-order valence-electron chi connectivity index (χ1n) is 7.32. The average Bonchev–Trinajstić information content (AvgIpc) is 2.51. The minimum absolute atomic E-state index is 0.112. The molecule has 0 aliphatic heterocycles. The molecule has 2 aromatic rings. The van der Waals surface area contributed by atoms with E-state index in [1.54, 1.807) is 12.3 Å². The molecule has 5 heteroatoms. The lowest BCUT2D eigenvalue weighted by molar-refractivity contribution is 0.0242. The zero-order chi connectivity index (χ0) is 15.6. The largest absolute Gasteiger partial charge is 0.393 e. The Labute approximate surface area is 129 Å². The summed E-state index contributed by atoms with van der Waals surface area (Å²) in [5.41, 5.74) is 7.52. The fourth-order valence-electron chi connectivity index (χ4n) is 3.13. The summed E-state index contributed by atoms with van der Waals surface area (Å²) in [6, 6.07) is 11.9. The van der Waals surface area contributed by atoms with Crippen molar-refractivity contribution in [3.63, 3.8) is 0 Å². The van der Waals surface area contributed by atoms with Crippen molar-refractivity contribution in [1.82, 2.24) is 4.98 Å². The van der Waals surface area contributed by atoms with Crippen molar-refractivity contribution >= 4 is 11.6 Å². The summed E-state index contributed by atoms with van der Waals surface area (Å²) < 4.78 is 0. The first-order chi connectivity index (χ1) is 10.6. The second-order valence-electron chi connectivity index (χ2n) is 5.85. The van der Waals surface area contributed by atoms with E-state index in [1.807, 2.05) is 18.2 Å². The maximum absolute atomic E-state index is 11.5. The molecule has 114 valence electrons. The van der Waals surface area contributed by atoms with Crippen LogP contribution in [-0.4, -0.2) is 28.6 Å². The molecule has 0 saturated heterocycles. The summed E-state index contributed by atoms with van der Waals surface area (Å²) >= 11 is 0. The van der Waals surface area contributed by atoms with E-state index in [1.165, 1.54) is 11.8 Å². The first-order valence-corrected chi connectivity index (χ1v) is 7.32. The normalized spacial score (nSPS) is 23.6. The van der Waals surface area contributed by atoms with Crippen LogP contribution in [0.4, 0.5) is 5.69 Å². The van der Waals surface area contributed by atoms with Gasteiger partial charge in [-0.25, -0.2) is 0 Å². The molecule has 0 bridgehead atoms. The number of aromatic nitrogens is 1. The number of nitrogens with zero attached hydrogens (tertiary/aromatic N) is 1. The maximum atomic E-state index is 11.5. The van der Waals surface area contributed by atoms with E-state index in [-0.39, 0.29) is 11.5 Å². The highest BCUT2D eigenvalue weighted by molar-refractivity contribution is 5.98. The predicted octanol–water partition coefficient (Wildman–Crippen LogP) is 1.69. The molecular formula is C17H19N3O2. The highest BCUT2D eigenvalue weighted by atomic mass is 16.3. The third kappa shape index (κ3) is 2.67. The van der Waals surface area contributed by atoms with Crippen molar-refractivity contribution in [2.24, 2.45) is 5.73 Å². The molecule has 1 aliphatic rings. The standard InChI is InChI=1S/C17H19N3O2/c18-16(22)14-10-19-7-6-15(14)20-11-17(8-13(21)9-17)12-4-2-1-3-5-12/h1-7,10,13,21H,8-9,11H2,(H2,18,22)(H,19,20). The molecule has 1 amide bonds. The quantitative estimate of drug-likeness (QED) is 0.783. The number of carbonyl (C=O) groups is 1. The molecule has 0 spiro atoms. The Morgan fingerprint density at radius 2 is 2.05 bits per heavy atom. The van der Waals surface area contributed by atoms with Gasteiger partial charge in [0, 0.05) is 24.4 Å². The fraction of sp³-hybridized carbons (Fsp3) is 0.294. The van der Waals surface area contributed by atoms with Crippen LogP contribution in [0.15, 0.2) is 48.8 Å². The van der Waals surface area contributed by atoms with Crippen LogP contribution in [0.25, 0.3) is 0 Å². The van der Waals surface area contributed by atoms with Gasteiger partial charge >= 0.3 is 0 Å². The van der Waals surface area contributed by atoms with Gasteiger partial charge in [-0.3, -0.25) is 9.78 Å². The third-order valence-corrected chi connectivity index (χ3v) is 4.34. The number of amides is 1. The van der Waals surface area contributed by atoms with Gasteiger partial charge in [-0.15, -0.1) is 0 Å². The number of pyridine rings is 1. The topological polar surface area (TPSA) is 88.2 Å². The third-order valence-electron chi connectivity index (χ3n) is 4.34. The lowest BCUT2D eigenvalue weighted by atomic mass is 9.62. The van der Waals surface area contributed by atoms with Crippen molar-refractivity contribution < 1.29 is 9.90 Å². The maximum Gasteiger partial charge on any atom is 0.252 e. The van der Waals surface area contributed by atoms with Crippen LogP contribution in [0.1, 0.15) is 28.8 Å². The molecule has 1 aliphatic carbocycles. The van der Waals surface area contributed by atoms with Gasteiger partial charge in [0.15, 0.2) is 0 Å². The second-order valence-corrected chi connectivity index (χ2v) is 5.85. The van der Waals surface area contributed by atoms with Crippen LogP contribution in [0, 0.1) is 0 Å². The molecule has 1 saturated carbocycles. The molecular weight excluding hydrogens is 278 g/mol. The Kier molecular flexibility index (Phi) is 3.81. The Bertz CT molecular complexity index is 667. The monoisotopic (exact) mass is 297 g/mol. The highest BCUT2D eigenvalue weighted by Crippen LogP contribution is 2.44. The molecule has 4 N–H and O–H groups in total. The Morgan fingerprint density at radius 3 is 2.68 bits per heavy atom. The van der Waals surface area contributed by atoms with E-state index in [2.05, 4.69) is 22.4 Å². The van der Waals surface area contributed by atoms with Crippen molar-refractivity contribution in [2.45, 2.75) is 24.4 Å². The Hall–Kier alpha value is -2.40. The van der Waals surface area contributed by atoms with Crippen LogP contribution < -0.4 is 11.1 Å². The van der Waals surface area contributed by atoms with E-state index in [4.69, 9.17) is 5.73 Å². The molecule has 0 atom stereocenters. The zero-order valence-corrected chi connectivity index (χ0v) is 12.2. The van der Waals surface area contributed by atoms with Gasteiger partial charge in [0.25, 0.3) is 5.91 Å². The fourth-order valence-corrected chi connectivity index (χ4v) is 3.13. The van der Waals surface area contributed by atoms with Crippen LogP contribution in [0.2, 0.25) is 0 Å². The predicted molar refractivity (Wildman–Crippen MR) is 84.6 cm³/mol.